The Morgan fingerprint density at radius 3 is 1.22 bits per heavy atom. The van der Waals surface area contributed by atoms with Gasteiger partial charge in [0.25, 0.3) is 0 Å². The second-order valence-electron chi connectivity index (χ2n) is 11.6. The molecule has 220 valence electrons. The molecule has 0 aromatic heterocycles. The smallest absolute Gasteiger partial charge is 0.166 e. The van der Waals surface area contributed by atoms with Crippen LogP contribution in [0.25, 0.3) is 76.8 Å². The highest BCUT2D eigenvalue weighted by atomic mass is 19.4. The quantitative estimate of drug-likeness (QED) is 0.176. The van der Waals surface area contributed by atoms with Gasteiger partial charge in [-0.1, -0.05) is 133 Å². The average Bonchev–Trinajstić information content (AvgIpc) is 3.11. The van der Waals surface area contributed by atoms with Crippen LogP contribution < -0.4 is 0 Å². The van der Waals surface area contributed by atoms with Crippen LogP contribution >= 0.6 is 0 Å². The van der Waals surface area contributed by atoms with Gasteiger partial charge in [-0.2, -0.15) is 13.2 Å². The maximum Gasteiger partial charge on any atom is 0.417 e. The van der Waals surface area contributed by atoms with Gasteiger partial charge in [0.2, 0.25) is 0 Å². The molecule has 8 aromatic carbocycles. The number of fused-ring (bicyclic) bond motifs is 6. The van der Waals surface area contributed by atoms with Gasteiger partial charge < -0.3 is 0 Å². The average molecular weight is 601 g/mol. The zero-order chi connectivity index (χ0) is 31.3. The first kappa shape index (κ1) is 27.8. The molecule has 0 aliphatic rings. The summed E-state index contributed by atoms with van der Waals surface area (Å²) in [6.07, 6.45) is -4.55. The van der Waals surface area contributed by atoms with Crippen LogP contribution in [0.3, 0.4) is 0 Å². The molecule has 46 heavy (non-hydrogen) atoms. The largest absolute Gasteiger partial charge is 0.417 e. The molecule has 0 amide bonds. The summed E-state index contributed by atoms with van der Waals surface area (Å²) in [6, 6.07) is 52.6. The highest BCUT2D eigenvalue weighted by Gasteiger charge is 2.34. The fraction of sp³-hybridized carbons (Fsp3) is 0.0233. The second kappa shape index (κ2) is 11.0. The fourth-order valence-electron chi connectivity index (χ4n) is 6.67. The van der Waals surface area contributed by atoms with Gasteiger partial charge in [0, 0.05) is 0 Å². The van der Waals surface area contributed by atoms with Crippen LogP contribution in [0.1, 0.15) is 5.56 Å². The first-order chi connectivity index (χ1) is 22.4. The molecule has 0 saturated heterocycles. The van der Waals surface area contributed by atoms with Crippen LogP contribution in [0.15, 0.2) is 164 Å². The van der Waals surface area contributed by atoms with Crippen molar-refractivity contribution < 1.29 is 13.2 Å². The molecule has 0 bridgehead atoms. The van der Waals surface area contributed by atoms with Crippen LogP contribution in [-0.4, -0.2) is 0 Å². The van der Waals surface area contributed by atoms with Crippen molar-refractivity contribution in [2.45, 2.75) is 6.18 Å². The third-order valence-corrected chi connectivity index (χ3v) is 8.86. The Balaban J connectivity index is 1.32. The molecule has 0 nitrogen and oxygen atoms in total. The lowest BCUT2D eigenvalue weighted by Crippen LogP contribution is -2.07. The summed E-state index contributed by atoms with van der Waals surface area (Å²) >= 11 is 0. The molecule has 8 rings (SSSR count). The zero-order valence-corrected chi connectivity index (χ0v) is 24.7. The highest BCUT2D eigenvalue weighted by molar-refractivity contribution is 6.25. The van der Waals surface area contributed by atoms with Gasteiger partial charge in [-0.3, -0.25) is 0 Å². The van der Waals surface area contributed by atoms with Crippen molar-refractivity contribution in [3.8, 4) is 44.5 Å². The fourth-order valence-corrected chi connectivity index (χ4v) is 6.67. The monoisotopic (exact) mass is 600 g/mol. The third kappa shape index (κ3) is 4.91. The summed E-state index contributed by atoms with van der Waals surface area (Å²) < 4.78 is 44.7. The minimum Gasteiger partial charge on any atom is -0.166 e. The Morgan fingerprint density at radius 1 is 0.283 bits per heavy atom. The van der Waals surface area contributed by atoms with Gasteiger partial charge in [-0.25, -0.2) is 0 Å². The number of hydrogen-bond acceptors (Lipinski definition) is 0. The lowest BCUT2D eigenvalue weighted by Gasteiger charge is -2.18. The molecule has 0 heterocycles. The number of alkyl halides is 3. The van der Waals surface area contributed by atoms with Crippen LogP contribution in [0, 0.1) is 0 Å². The Kier molecular flexibility index (Phi) is 6.69. The minimum atomic E-state index is -4.55. The molecular formula is C43H27F3. The van der Waals surface area contributed by atoms with Crippen molar-refractivity contribution in [2.24, 2.45) is 0 Å². The molecular weight excluding hydrogens is 573 g/mol. The zero-order valence-electron chi connectivity index (χ0n) is 24.7. The van der Waals surface area contributed by atoms with Crippen molar-refractivity contribution in [1.82, 2.24) is 0 Å². The van der Waals surface area contributed by atoms with E-state index >= 15 is 0 Å². The van der Waals surface area contributed by atoms with E-state index in [1.807, 2.05) is 127 Å². The van der Waals surface area contributed by atoms with Crippen molar-refractivity contribution in [1.29, 1.82) is 0 Å². The lowest BCUT2D eigenvalue weighted by molar-refractivity contribution is -0.137. The predicted octanol–water partition coefficient (Wildman–Crippen LogP) is 12.8. The first-order valence-corrected chi connectivity index (χ1v) is 15.3. The van der Waals surface area contributed by atoms with E-state index in [4.69, 9.17) is 0 Å². The van der Waals surface area contributed by atoms with E-state index in [-0.39, 0.29) is 5.56 Å². The molecule has 0 aliphatic heterocycles. The Hall–Kier alpha value is -5.67. The lowest BCUT2D eigenvalue weighted by atomic mass is 9.89. The van der Waals surface area contributed by atoms with E-state index < -0.39 is 11.7 Å². The summed E-state index contributed by atoms with van der Waals surface area (Å²) in [5.74, 6) is 0. The van der Waals surface area contributed by atoms with E-state index in [0.29, 0.717) is 11.1 Å². The summed E-state index contributed by atoms with van der Waals surface area (Å²) in [4.78, 5) is 0. The van der Waals surface area contributed by atoms with Crippen molar-refractivity contribution >= 4 is 32.3 Å². The predicted molar refractivity (Wildman–Crippen MR) is 186 cm³/mol. The topological polar surface area (TPSA) is 0 Å². The third-order valence-electron chi connectivity index (χ3n) is 8.86. The van der Waals surface area contributed by atoms with Crippen LogP contribution in [0.4, 0.5) is 13.2 Å². The summed E-state index contributed by atoms with van der Waals surface area (Å²) in [5, 5.41) is 6.60. The van der Waals surface area contributed by atoms with E-state index in [1.54, 1.807) is 6.07 Å². The van der Waals surface area contributed by atoms with Gasteiger partial charge in [-0.05, 0) is 107 Å². The number of rotatable bonds is 4. The van der Waals surface area contributed by atoms with Crippen LogP contribution in [0.2, 0.25) is 0 Å². The van der Waals surface area contributed by atoms with Crippen molar-refractivity contribution in [2.75, 3.05) is 0 Å². The first-order valence-electron chi connectivity index (χ1n) is 15.3. The van der Waals surface area contributed by atoms with Gasteiger partial charge in [0.15, 0.2) is 0 Å². The van der Waals surface area contributed by atoms with Crippen LogP contribution in [-0.2, 0) is 6.18 Å². The molecule has 0 fully saturated rings. The maximum absolute atomic E-state index is 14.9. The normalized spacial score (nSPS) is 11.8. The van der Waals surface area contributed by atoms with Gasteiger partial charge in [0.1, 0.15) is 0 Å². The SMILES string of the molecule is FC(F)(F)c1cc(-c2ccc3c4ccccc4c4ccccc4c3c2)ccc1-c1cc(-c2ccccc2)cc(-c2ccccc2)c1. The number of benzene rings is 8. The van der Waals surface area contributed by atoms with Crippen molar-refractivity contribution in [3.05, 3.63) is 169 Å². The maximum atomic E-state index is 14.9. The molecule has 0 N–H and O–H groups in total. The van der Waals surface area contributed by atoms with Gasteiger partial charge in [-0.15, -0.1) is 0 Å². The molecule has 0 unspecified atom stereocenters. The Bertz CT molecular complexity index is 2290. The molecule has 0 saturated carbocycles. The van der Waals surface area contributed by atoms with Crippen molar-refractivity contribution in [3.63, 3.8) is 0 Å². The van der Waals surface area contributed by atoms with Gasteiger partial charge in [0.05, 0.1) is 5.56 Å². The van der Waals surface area contributed by atoms with E-state index in [2.05, 4.69) is 24.3 Å². The molecule has 0 spiro atoms. The van der Waals surface area contributed by atoms with E-state index in [9.17, 15) is 13.2 Å². The van der Waals surface area contributed by atoms with E-state index in [0.717, 1.165) is 60.1 Å². The molecule has 0 aliphatic carbocycles. The van der Waals surface area contributed by atoms with Crippen LogP contribution in [0.5, 0.6) is 0 Å². The summed E-state index contributed by atoms with van der Waals surface area (Å²) in [5.41, 5.74) is 4.91. The molecule has 8 aromatic rings. The Morgan fingerprint density at radius 2 is 0.696 bits per heavy atom. The highest BCUT2D eigenvalue weighted by Crippen LogP contribution is 2.43. The number of halogens is 3. The second-order valence-corrected chi connectivity index (χ2v) is 11.6. The van der Waals surface area contributed by atoms with Gasteiger partial charge >= 0.3 is 6.18 Å². The summed E-state index contributed by atoms with van der Waals surface area (Å²) in [6.45, 7) is 0. The summed E-state index contributed by atoms with van der Waals surface area (Å²) in [7, 11) is 0. The standard InChI is InChI=1S/C43H27F3/c44-43(45,46)42-27-31(30-20-22-40-38-17-8-7-15-36(38)37-16-9-10-18-39(37)41(40)26-30)19-21-35(42)34-24-32(28-11-3-1-4-12-28)23-33(25-34)29-13-5-2-6-14-29/h1-27H. The minimum absolute atomic E-state index is 0.156. The number of hydrogen-bond donors (Lipinski definition) is 0. The molecule has 0 atom stereocenters. The van der Waals surface area contributed by atoms with E-state index in [1.165, 1.54) is 6.07 Å². The Labute approximate surface area is 265 Å². The molecule has 0 radical (unpaired) electrons. The molecule has 3 heteroatoms.